The molecule has 3 aromatic rings. The van der Waals surface area contributed by atoms with E-state index in [0.717, 1.165) is 18.8 Å². The Hall–Kier alpha value is -2.61. The van der Waals surface area contributed by atoms with Gasteiger partial charge in [-0.1, -0.05) is 42.5 Å². The van der Waals surface area contributed by atoms with Crippen molar-refractivity contribution in [3.63, 3.8) is 0 Å². The van der Waals surface area contributed by atoms with Crippen LogP contribution in [-0.2, 0) is 0 Å². The molecule has 3 rings (SSSR count). The molecular weight excluding hydrogens is 280 g/mol. The lowest BCUT2D eigenvalue weighted by Crippen LogP contribution is -2.21. The lowest BCUT2D eigenvalue weighted by molar-refractivity contribution is 0.866. The Bertz CT molecular complexity index is 794. The number of benzene rings is 2. The fourth-order valence-corrected chi connectivity index (χ4v) is 2.84. The highest BCUT2D eigenvalue weighted by Crippen LogP contribution is 2.20. The zero-order valence-electron chi connectivity index (χ0n) is 13.7. The van der Waals surface area contributed by atoms with Gasteiger partial charge in [-0.05, 0) is 49.1 Å². The Morgan fingerprint density at radius 1 is 0.870 bits per heavy atom. The third-order valence-corrected chi connectivity index (χ3v) is 4.16. The van der Waals surface area contributed by atoms with Gasteiger partial charge >= 0.3 is 0 Å². The van der Waals surface area contributed by atoms with Gasteiger partial charge in [0.2, 0.25) is 0 Å². The lowest BCUT2D eigenvalue weighted by atomic mass is 10.1. The number of fused-ring (bicyclic) bond motifs is 1. The third kappa shape index (κ3) is 3.42. The predicted octanol–water partition coefficient (Wildman–Crippen LogP) is 5.25. The number of pyridine rings is 1. The molecule has 116 valence electrons. The highest BCUT2D eigenvalue weighted by atomic mass is 15.1. The van der Waals surface area contributed by atoms with Gasteiger partial charge in [0.25, 0.3) is 0 Å². The first-order valence-corrected chi connectivity index (χ1v) is 8.18. The van der Waals surface area contributed by atoms with Crippen molar-refractivity contribution in [3.8, 4) is 0 Å². The van der Waals surface area contributed by atoms with Gasteiger partial charge in [0, 0.05) is 30.4 Å². The Labute approximate surface area is 138 Å². The molecule has 0 saturated carbocycles. The summed E-state index contributed by atoms with van der Waals surface area (Å²) in [5.74, 6) is 0. The average molecular weight is 302 g/mol. The van der Waals surface area contributed by atoms with Gasteiger partial charge in [0.05, 0.1) is 5.69 Å². The molecule has 0 fully saturated rings. The molecule has 0 atom stereocenters. The van der Waals surface area contributed by atoms with E-state index in [1.54, 1.807) is 0 Å². The molecule has 0 N–H and O–H groups in total. The SMILES string of the molecule is CCN(CC)c1ccc(/C=C/c2nccc3ccccc23)cc1. The molecular formula is C21H22N2. The van der Waals surface area contributed by atoms with E-state index < -0.39 is 0 Å². The van der Waals surface area contributed by atoms with E-state index in [-0.39, 0.29) is 0 Å². The third-order valence-electron chi connectivity index (χ3n) is 4.16. The second-order valence-corrected chi connectivity index (χ2v) is 5.51. The van der Waals surface area contributed by atoms with Gasteiger partial charge in [0.1, 0.15) is 0 Å². The first-order chi connectivity index (χ1) is 11.3. The van der Waals surface area contributed by atoms with E-state index in [0.29, 0.717) is 0 Å². The zero-order chi connectivity index (χ0) is 16.1. The van der Waals surface area contributed by atoms with Crippen molar-refractivity contribution in [3.05, 3.63) is 72.1 Å². The lowest BCUT2D eigenvalue weighted by Gasteiger charge is -2.20. The van der Waals surface area contributed by atoms with Gasteiger partial charge in [-0.2, -0.15) is 0 Å². The summed E-state index contributed by atoms with van der Waals surface area (Å²) >= 11 is 0. The standard InChI is InChI=1S/C21H22N2/c1-3-23(4-2)19-12-9-17(10-13-19)11-14-21-20-8-6-5-7-18(20)15-16-22-21/h5-16H,3-4H2,1-2H3/b14-11+. The van der Waals surface area contributed by atoms with Crippen LogP contribution < -0.4 is 4.90 Å². The maximum Gasteiger partial charge on any atom is 0.0708 e. The average Bonchev–Trinajstić information content (AvgIpc) is 2.62. The first kappa shape index (κ1) is 15.3. The summed E-state index contributed by atoms with van der Waals surface area (Å²) in [5, 5.41) is 2.41. The number of nitrogens with zero attached hydrogens (tertiary/aromatic N) is 2. The highest BCUT2D eigenvalue weighted by Gasteiger charge is 2.01. The quantitative estimate of drug-likeness (QED) is 0.640. The summed E-state index contributed by atoms with van der Waals surface area (Å²) in [6, 6.07) is 19.1. The van der Waals surface area contributed by atoms with Crippen LogP contribution in [0.3, 0.4) is 0 Å². The second-order valence-electron chi connectivity index (χ2n) is 5.51. The van der Waals surface area contributed by atoms with Gasteiger partial charge in [0.15, 0.2) is 0 Å². The maximum absolute atomic E-state index is 4.50. The monoisotopic (exact) mass is 302 g/mol. The minimum absolute atomic E-state index is 1.01. The molecule has 1 aromatic heterocycles. The molecule has 0 aliphatic heterocycles. The van der Waals surface area contributed by atoms with Crippen LogP contribution in [0.1, 0.15) is 25.1 Å². The van der Waals surface area contributed by atoms with E-state index in [4.69, 9.17) is 0 Å². The summed E-state index contributed by atoms with van der Waals surface area (Å²) in [4.78, 5) is 6.85. The summed E-state index contributed by atoms with van der Waals surface area (Å²) in [7, 11) is 0. The van der Waals surface area contributed by atoms with Crippen LogP contribution in [0, 0.1) is 0 Å². The van der Waals surface area contributed by atoms with E-state index in [9.17, 15) is 0 Å². The summed E-state index contributed by atoms with van der Waals surface area (Å²) in [6.07, 6.45) is 6.08. The molecule has 0 aliphatic carbocycles. The Balaban J connectivity index is 1.85. The summed E-state index contributed by atoms with van der Waals surface area (Å²) < 4.78 is 0. The molecule has 0 bridgehead atoms. The van der Waals surface area contributed by atoms with Gasteiger partial charge < -0.3 is 4.90 Å². The van der Waals surface area contributed by atoms with E-state index in [1.807, 2.05) is 12.3 Å². The Morgan fingerprint density at radius 3 is 2.35 bits per heavy atom. The molecule has 0 aliphatic rings. The zero-order valence-corrected chi connectivity index (χ0v) is 13.7. The number of hydrogen-bond donors (Lipinski definition) is 0. The molecule has 0 saturated heterocycles. The molecule has 2 aromatic carbocycles. The largest absolute Gasteiger partial charge is 0.372 e. The number of aromatic nitrogens is 1. The van der Waals surface area contributed by atoms with Gasteiger partial charge in [-0.15, -0.1) is 0 Å². The molecule has 0 unspecified atom stereocenters. The fourth-order valence-electron chi connectivity index (χ4n) is 2.84. The van der Waals surface area contributed by atoms with Crippen molar-refractivity contribution in [2.24, 2.45) is 0 Å². The topological polar surface area (TPSA) is 16.1 Å². The molecule has 2 nitrogen and oxygen atoms in total. The molecule has 2 heteroatoms. The predicted molar refractivity (Wildman–Crippen MR) is 101 cm³/mol. The first-order valence-electron chi connectivity index (χ1n) is 8.18. The summed E-state index contributed by atoms with van der Waals surface area (Å²) in [5.41, 5.74) is 3.47. The Morgan fingerprint density at radius 2 is 1.61 bits per heavy atom. The van der Waals surface area contributed by atoms with Crippen molar-refractivity contribution < 1.29 is 0 Å². The van der Waals surface area contributed by atoms with Crippen molar-refractivity contribution in [2.75, 3.05) is 18.0 Å². The Kier molecular flexibility index (Phi) is 4.72. The highest BCUT2D eigenvalue weighted by molar-refractivity contribution is 5.91. The second kappa shape index (κ2) is 7.10. The fraction of sp³-hybridized carbons (Fsp3) is 0.190. The van der Waals surface area contributed by atoms with Crippen LogP contribution in [-0.4, -0.2) is 18.1 Å². The van der Waals surface area contributed by atoms with Gasteiger partial charge in [-0.25, -0.2) is 0 Å². The number of anilines is 1. The van der Waals surface area contributed by atoms with Gasteiger partial charge in [-0.3, -0.25) is 4.98 Å². The molecule has 0 amide bonds. The van der Waals surface area contributed by atoms with Crippen molar-refractivity contribution in [1.29, 1.82) is 0 Å². The molecule has 0 spiro atoms. The van der Waals surface area contributed by atoms with E-state index in [1.165, 1.54) is 22.0 Å². The van der Waals surface area contributed by atoms with Crippen molar-refractivity contribution >= 4 is 28.6 Å². The van der Waals surface area contributed by atoms with Crippen molar-refractivity contribution in [1.82, 2.24) is 4.98 Å². The minimum Gasteiger partial charge on any atom is -0.372 e. The van der Waals surface area contributed by atoms with Crippen LogP contribution in [0.25, 0.3) is 22.9 Å². The smallest absolute Gasteiger partial charge is 0.0708 e. The molecule has 1 heterocycles. The van der Waals surface area contributed by atoms with Crippen LogP contribution in [0.4, 0.5) is 5.69 Å². The maximum atomic E-state index is 4.50. The number of rotatable bonds is 5. The van der Waals surface area contributed by atoms with Crippen LogP contribution in [0.15, 0.2) is 60.8 Å². The van der Waals surface area contributed by atoms with Crippen LogP contribution in [0.2, 0.25) is 0 Å². The van der Waals surface area contributed by atoms with Crippen molar-refractivity contribution in [2.45, 2.75) is 13.8 Å². The normalized spacial score (nSPS) is 11.2. The number of hydrogen-bond acceptors (Lipinski definition) is 2. The molecule has 23 heavy (non-hydrogen) atoms. The van der Waals surface area contributed by atoms with Crippen LogP contribution >= 0.6 is 0 Å². The van der Waals surface area contributed by atoms with E-state index >= 15 is 0 Å². The van der Waals surface area contributed by atoms with E-state index in [2.05, 4.69) is 84.4 Å². The molecule has 0 radical (unpaired) electrons. The minimum atomic E-state index is 1.01. The summed E-state index contributed by atoms with van der Waals surface area (Å²) in [6.45, 7) is 6.43. The van der Waals surface area contributed by atoms with Crippen LogP contribution in [0.5, 0.6) is 0 Å².